The first-order valence-electron chi connectivity index (χ1n) is 6.19. The third-order valence-corrected chi connectivity index (χ3v) is 2.29. The van der Waals surface area contributed by atoms with Crippen molar-refractivity contribution in [3.05, 3.63) is 31.0 Å². The third kappa shape index (κ3) is 5.74. The maximum absolute atomic E-state index is 12.2. The van der Waals surface area contributed by atoms with Crippen LogP contribution in [0, 0.1) is 5.92 Å². The largest absolute Gasteiger partial charge is 0.444 e. The van der Waals surface area contributed by atoms with E-state index in [1.165, 1.54) is 0 Å². The zero-order valence-electron chi connectivity index (χ0n) is 12.2. The van der Waals surface area contributed by atoms with Gasteiger partial charge in [0.15, 0.2) is 0 Å². The highest BCUT2D eigenvalue weighted by atomic mass is 16.6. The number of amides is 1. The van der Waals surface area contributed by atoms with E-state index in [0.717, 1.165) is 0 Å². The molecule has 0 fully saturated rings. The Morgan fingerprint density at radius 2 is 2.00 bits per heavy atom. The molecule has 1 amide bonds. The highest BCUT2D eigenvalue weighted by Gasteiger charge is 2.27. The van der Waals surface area contributed by atoms with Gasteiger partial charge in [0.2, 0.25) is 0 Å². The van der Waals surface area contributed by atoms with E-state index in [2.05, 4.69) is 18.9 Å². The first-order valence-corrected chi connectivity index (χ1v) is 6.19. The molecule has 0 aromatic rings. The monoisotopic (exact) mass is 251 g/mol. The Labute approximate surface area is 111 Å². The lowest BCUT2D eigenvalue weighted by Crippen LogP contribution is -2.44. The number of hydrogen-bond acceptors (Lipinski definition) is 2. The molecule has 3 nitrogen and oxygen atoms in total. The van der Waals surface area contributed by atoms with Crippen molar-refractivity contribution in [2.75, 3.05) is 6.54 Å². The van der Waals surface area contributed by atoms with Gasteiger partial charge in [-0.1, -0.05) is 26.5 Å². The second-order valence-corrected chi connectivity index (χ2v) is 5.53. The van der Waals surface area contributed by atoms with Crippen LogP contribution in [0.25, 0.3) is 0 Å². The van der Waals surface area contributed by atoms with E-state index >= 15 is 0 Å². The van der Waals surface area contributed by atoms with Crippen molar-refractivity contribution in [3.8, 4) is 0 Å². The first kappa shape index (κ1) is 16.5. The molecule has 18 heavy (non-hydrogen) atoms. The summed E-state index contributed by atoms with van der Waals surface area (Å²) in [6.07, 6.45) is 3.14. The summed E-state index contributed by atoms with van der Waals surface area (Å²) in [5.41, 5.74) is 2.24. The summed E-state index contributed by atoms with van der Waals surface area (Å²) in [4.78, 5) is 13.8. The maximum Gasteiger partial charge on any atom is 0.411 e. The van der Waals surface area contributed by atoms with Crippen molar-refractivity contribution in [3.63, 3.8) is 0 Å². The molecule has 0 saturated heterocycles. The number of carbonyl (C=O) groups is 1. The van der Waals surface area contributed by atoms with Gasteiger partial charge in [0, 0.05) is 6.54 Å². The molecular formula is C15H25NO2. The van der Waals surface area contributed by atoms with Crippen LogP contribution in [0.15, 0.2) is 31.0 Å². The van der Waals surface area contributed by atoms with Gasteiger partial charge in [-0.2, -0.15) is 0 Å². The van der Waals surface area contributed by atoms with Gasteiger partial charge in [-0.25, -0.2) is 4.79 Å². The van der Waals surface area contributed by atoms with Gasteiger partial charge in [0.1, 0.15) is 5.60 Å². The van der Waals surface area contributed by atoms with Crippen LogP contribution in [0.3, 0.4) is 0 Å². The van der Waals surface area contributed by atoms with Crippen molar-refractivity contribution < 1.29 is 9.53 Å². The van der Waals surface area contributed by atoms with Crippen LogP contribution in [0.5, 0.6) is 0 Å². The molecule has 0 rings (SSSR count). The SMILES string of the molecule is C=C=C[C@H](C(C)C)N(CC=C)C(=O)OC(C)(C)C. The molecule has 0 aromatic carbocycles. The molecule has 0 spiro atoms. The van der Waals surface area contributed by atoms with Crippen LogP contribution in [-0.2, 0) is 4.74 Å². The zero-order valence-corrected chi connectivity index (χ0v) is 12.2. The molecule has 102 valence electrons. The predicted molar refractivity (Wildman–Crippen MR) is 75.5 cm³/mol. The summed E-state index contributed by atoms with van der Waals surface area (Å²) in [6, 6.07) is -0.0876. The van der Waals surface area contributed by atoms with Crippen LogP contribution in [0.2, 0.25) is 0 Å². The van der Waals surface area contributed by atoms with E-state index in [0.29, 0.717) is 6.54 Å². The highest BCUT2D eigenvalue weighted by molar-refractivity contribution is 5.69. The van der Waals surface area contributed by atoms with Crippen molar-refractivity contribution in [1.82, 2.24) is 4.90 Å². The summed E-state index contributed by atoms with van der Waals surface area (Å²) in [7, 11) is 0. The Hall–Kier alpha value is -1.47. The normalized spacial score (nSPS) is 12.6. The number of carbonyl (C=O) groups excluding carboxylic acids is 1. The van der Waals surface area contributed by atoms with E-state index in [9.17, 15) is 4.79 Å². The summed E-state index contributed by atoms with van der Waals surface area (Å²) < 4.78 is 5.40. The molecule has 0 aliphatic carbocycles. The second kappa shape index (κ2) is 7.07. The third-order valence-electron chi connectivity index (χ3n) is 2.29. The van der Waals surface area contributed by atoms with E-state index in [1.807, 2.05) is 34.6 Å². The maximum atomic E-state index is 12.2. The number of rotatable bonds is 5. The quantitative estimate of drug-likeness (QED) is 0.550. The van der Waals surface area contributed by atoms with Gasteiger partial charge < -0.3 is 4.74 Å². The van der Waals surface area contributed by atoms with Crippen LogP contribution in [-0.4, -0.2) is 29.2 Å². The fourth-order valence-corrected chi connectivity index (χ4v) is 1.54. The summed E-state index contributed by atoms with van der Waals surface area (Å²) in [6.45, 7) is 17.3. The lowest BCUT2D eigenvalue weighted by atomic mass is 10.0. The van der Waals surface area contributed by atoms with Crippen molar-refractivity contribution in [1.29, 1.82) is 0 Å². The number of hydrogen-bond donors (Lipinski definition) is 0. The summed E-state index contributed by atoms with van der Waals surface area (Å²) in [5, 5.41) is 0. The van der Waals surface area contributed by atoms with E-state index in [1.54, 1.807) is 17.1 Å². The standard InChI is InChI=1S/C15H25NO2/c1-8-10-13(12(3)4)16(11-9-2)14(17)18-15(5,6)7/h9-10,12-13H,1-2,11H2,3-7H3/t13-/m1/s1. The Bertz CT molecular complexity index is 333. The minimum absolute atomic E-state index is 0.0876. The minimum atomic E-state index is -0.504. The highest BCUT2D eigenvalue weighted by Crippen LogP contribution is 2.17. The van der Waals surface area contributed by atoms with Crippen molar-refractivity contribution in [2.24, 2.45) is 5.92 Å². The Kier molecular flexibility index (Phi) is 6.50. The van der Waals surface area contributed by atoms with E-state index in [-0.39, 0.29) is 18.1 Å². The minimum Gasteiger partial charge on any atom is -0.444 e. The fourth-order valence-electron chi connectivity index (χ4n) is 1.54. The lowest BCUT2D eigenvalue weighted by Gasteiger charge is -2.33. The molecule has 0 aliphatic heterocycles. The summed E-state index contributed by atoms with van der Waals surface area (Å²) >= 11 is 0. The van der Waals surface area contributed by atoms with Crippen LogP contribution >= 0.6 is 0 Å². The molecule has 0 aliphatic rings. The van der Waals surface area contributed by atoms with Gasteiger partial charge in [0.25, 0.3) is 0 Å². The Morgan fingerprint density at radius 1 is 1.44 bits per heavy atom. The lowest BCUT2D eigenvalue weighted by molar-refractivity contribution is 0.0189. The molecular weight excluding hydrogens is 226 g/mol. The van der Waals surface area contributed by atoms with Crippen molar-refractivity contribution >= 4 is 6.09 Å². The van der Waals surface area contributed by atoms with Gasteiger partial charge >= 0.3 is 6.09 Å². The smallest absolute Gasteiger partial charge is 0.411 e. The van der Waals surface area contributed by atoms with Crippen molar-refractivity contribution in [2.45, 2.75) is 46.3 Å². The molecule has 0 heterocycles. The molecule has 0 N–H and O–H groups in total. The van der Waals surface area contributed by atoms with Gasteiger partial charge in [-0.05, 0) is 32.8 Å². The van der Waals surface area contributed by atoms with E-state index < -0.39 is 5.60 Å². The average Bonchev–Trinajstić information content (AvgIpc) is 2.20. The Morgan fingerprint density at radius 3 is 2.33 bits per heavy atom. The second-order valence-electron chi connectivity index (χ2n) is 5.53. The van der Waals surface area contributed by atoms with Crippen LogP contribution < -0.4 is 0 Å². The molecule has 0 bridgehead atoms. The molecule has 3 heteroatoms. The van der Waals surface area contributed by atoms with Gasteiger partial charge in [-0.3, -0.25) is 4.90 Å². The molecule has 0 unspecified atom stereocenters. The van der Waals surface area contributed by atoms with Crippen LogP contribution in [0.4, 0.5) is 4.79 Å². The Balaban J connectivity index is 5.08. The number of nitrogens with zero attached hydrogens (tertiary/aromatic N) is 1. The van der Waals surface area contributed by atoms with E-state index in [4.69, 9.17) is 4.74 Å². The fraction of sp³-hybridized carbons (Fsp3) is 0.600. The zero-order chi connectivity index (χ0) is 14.3. The van der Waals surface area contributed by atoms with Gasteiger partial charge in [-0.15, -0.1) is 12.3 Å². The molecule has 0 saturated carbocycles. The van der Waals surface area contributed by atoms with Gasteiger partial charge in [0.05, 0.1) is 6.04 Å². The summed E-state index contributed by atoms with van der Waals surface area (Å²) in [5.74, 6) is 0.256. The molecule has 1 atom stereocenters. The average molecular weight is 251 g/mol. The first-order chi connectivity index (χ1) is 8.22. The van der Waals surface area contributed by atoms with Crippen LogP contribution in [0.1, 0.15) is 34.6 Å². The molecule has 0 aromatic heterocycles. The number of ether oxygens (including phenoxy) is 1. The predicted octanol–water partition coefficient (Wildman–Crippen LogP) is 3.78. The molecule has 0 radical (unpaired) electrons. The topological polar surface area (TPSA) is 29.5 Å².